The van der Waals surface area contributed by atoms with Crippen LogP contribution in [0.4, 0.5) is 4.39 Å². The first-order valence-electron chi connectivity index (χ1n) is 13.0. The molecule has 1 saturated heterocycles. The number of nitrogens with zero attached hydrogens (tertiary/aromatic N) is 4. The van der Waals surface area contributed by atoms with Crippen molar-refractivity contribution in [3.63, 3.8) is 0 Å². The maximum Gasteiger partial charge on any atom is 0.213 e. The van der Waals surface area contributed by atoms with E-state index in [1.807, 2.05) is 65.5 Å². The molecule has 0 spiro atoms. The van der Waals surface area contributed by atoms with Crippen LogP contribution in [-0.2, 0) is 6.54 Å². The second kappa shape index (κ2) is 11.0. The van der Waals surface area contributed by atoms with Gasteiger partial charge in [-0.05, 0) is 85.4 Å². The average molecular weight is 509 g/mol. The van der Waals surface area contributed by atoms with Crippen LogP contribution in [0.5, 0.6) is 5.88 Å². The standard InChI is InChI=1S/C31H29FN4O2/c32-27-10-6-24(7-11-27)25-8-12-28(13-9-25)36-31(29-4-3-19-37-29)26(20-34-36)21-35-17-14-23(15-18-35)22-38-30-5-1-2-16-33-30/h1-13,16,19-20,23H,14-15,17-18,21-22H2. The Hall–Kier alpha value is -4.23. The van der Waals surface area contributed by atoms with Gasteiger partial charge in [-0.3, -0.25) is 4.90 Å². The molecule has 6 nitrogen and oxygen atoms in total. The van der Waals surface area contributed by atoms with Gasteiger partial charge in [-0.25, -0.2) is 14.1 Å². The van der Waals surface area contributed by atoms with Gasteiger partial charge in [-0.15, -0.1) is 0 Å². The second-order valence-corrected chi connectivity index (χ2v) is 9.66. The SMILES string of the molecule is Fc1ccc(-c2ccc(-n3ncc(CN4CCC(COc5ccccn5)CC4)c3-c3ccco3)cc2)cc1. The third-order valence-electron chi connectivity index (χ3n) is 7.09. The maximum absolute atomic E-state index is 13.3. The molecule has 1 aliphatic heterocycles. The highest BCUT2D eigenvalue weighted by atomic mass is 19.1. The van der Waals surface area contributed by atoms with Crippen LogP contribution in [0, 0.1) is 11.7 Å². The van der Waals surface area contributed by atoms with Gasteiger partial charge in [0.2, 0.25) is 5.88 Å². The fourth-order valence-electron chi connectivity index (χ4n) is 4.99. The van der Waals surface area contributed by atoms with Crippen LogP contribution < -0.4 is 4.74 Å². The molecule has 5 aromatic rings. The Kier molecular flexibility index (Phi) is 7.00. The third-order valence-corrected chi connectivity index (χ3v) is 7.09. The van der Waals surface area contributed by atoms with Gasteiger partial charge in [0.1, 0.15) is 11.5 Å². The minimum Gasteiger partial charge on any atom is -0.477 e. The van der Waals surface area contributed by atoms with E-state index in [0.29, 0.717) is 18.4 Å². The van der Waals surface area contributed by atoms with Crippen LogP contribution >= 0.6 is 0 Å². The predicted octanol–water partition coefficient (Wildman–Crippen LogP) is 6.62. The lowest BCUT2D eigenvalue weighted by Crippen LogP contribution is -2.35. The zero-order chi connectivity index (χ0) is 25.7. The van der Waals surface area contributed by atoms with Crippen molar-refractivity contribution in [1.82, 2.24) is 19.7 Å². The Balaban J connectivity index is 1.16. The Labute approximate surface area is 221 Å². The van der Waals surface area contributed by atoms with Crippen molar-refractivity contribution in [2.24, 2.45) is 5.92 Å². The summed E-state index contributed by atoms with van der Waals surface area (Å²) in [5, 5.41) is 4.75. The molecule has 0 aliphatic carbocycles. The van der Waals surface area contributed by atoms with Gasteiger partial charge in [0.05, 0.1) is 24.8 Å². The Bertz CT molecular complexity index is 1440. The van der Waals surface area contributed by atoms with Gasteiger partial charge in [0.15, 0.2) is 5.76 Å². The number of piperidine rings is 1. The molecule has 192 valence electrons. The van der Waals surface area contributed by atoms with E-state index in [-0.39, 0.29) is 5.82 Å². The molecule has 0 bridgehead atoms. The van der Waals surface area contributed by atoms with Crippen molar-refractivity contribution in [2.75, 3.05) is 19.7 Å². The summed E-state index contributed by atoms with van der Waals surface area (Å²) in [6, 6.07) is 24.3. The minimum atomic E-state index is -0.237. The van der Waals surface area contributed by atoms with Gasteiger partial charge in [-0.2, -0.15) is 5.10 Å². The summed E-state index contributed by atoms with van der Waals surface area (Å²) >= 11 is 0. The van der Waals surface area contributed by atoms with E-state index in [9.17, 15) is 4.39 Å². The number of pyridine rings is 1. The molecule has 0 N–H and O–H groups in total. The Morgan fingerprint density at radius 2 is 1.66 bits per heavy atom. The summed E-state index contributed by atoms with van der Waals surface area (Å²) in [6.07, 6.45) is 7.57. The van der Waals surface area contributed by atoms with Gasteiger partial charge in [0, 0.05) is 24.4 Å². The van der Waals surface area contributed by atoms with Crippen LogP contribution in [0.2, 0.25) is 0 Å². The van der Waals surface area contributed by atoms with E-state index >= 15 is 0 Å². The van der Waals surface area contributed by atoms with Crippen LogP contribution in [0.15, 0.2) is 102 Å². The molecule has 0 atom stereocenters. The van der Waals surface area contributed by atoms with E-state index in [2.05, 4.69) is 9.88 Å². The van der Waals surface area contributed by atoms with E-state index in [4.69, 9.17) is 14.3 Å². The first-order valence-corrected chi connectivity index (χ1v) is 13.0. The maximum atomic E-state index is 13.3. The largest absolute Gasteiger partial charge is 0.477 e. The summed E-state index contributed by atoms with van der Waals surface area (Å²) in [4.78, 5) is 6.73. The molecule has 1 fully saturated rings. The zero-order valence-corrected chi connectivity index (χ0v) is 21.0. The number of hydrogen-bond acceptors (Lipinski definition) is 5. The molecule has 0 saturated carbocycles. The van der Waals surface area contributed by atoms with Crippen molar-refractivity contribution in [2.45, 2.75) is 19.4 Å². The monoisotopic (exact) mass is 508 g/mol. The van der Waals surface area contributed by atoms with E-state index in [0.717, 1.165) is 66.3 Å². The molecular formula is C31H29FN4O2. The highest BCUT2D eigenvalue weighted by Gasteiger charge is 2.23. The third kappa shape index (κ3) is 5.38. The summed E-state index contributed by atoms with van der Waals surface area (Å²) in [5.74, 6) is 1.77. The highest BCUT2D eigenvalue weighted by Crippen LogP contribution is 2.30. The normalized spacial score (nSPS) is 14.6. The van der Waals surface area contributed by atoms with Crippen molar-refractivity contribution < 1.29 is 13.5 Å². The van der Waals surface area contributed by atoms with Crippen molar-refractivity contribution >= 4 is 0 Å². The molecule has 3 aromatic heterocycles. The minimum absolute atomic E-state index is 0.237. The molecule has 38 heavy (non-hydrogen) atoms. The summed E-state index contributed by atoms with van der Waals surface area (Å²) in [7, 11) is 0. The van der Waals surface area contributed by atoms with Gasteiger partial charge < -0.3 is 9.15 Å². The Morgan fingerprint density at radius 3 is 2.34 bits per heavy atom. The molecule has 0 amide bonds. The van der Waals surface area contributed by atoms with E-state index in [1.54, 1.807) is 24.6 Å². The summed E-state index contributed by atoms with van der Waals surface area (Å²) in [6.45, 7) is 3.52. The molecule has 0 unspecified atom stereocenters. The number of benzene rings is 2. The van der Waals surface area contributed by atoms with E-state index in [1.165, 1.54) is 12.1 Å². The van der Waals surface area contributed by atoms with Gasteiger partial charge in [0.25, 0.3) is 0 Å². The number of aromatic nitrogens is 3. The number of ether oxygens (including phenoxy) is 1. The van der Waals surface area contributed by atoms with Gasteiger partial charge >= 0.3 is 0 Å². The quantitative estimate of drug-likeness (QED) is 0.236. The number of likely N-dealkylation sites (tertiary alicyclic amines) is 1. The van der Waals surface area contributed by atoms with Crippen molar-refractivity contribution in [3.8, 4) is 34.1 Å². The number of hydrogen-bond donors (Lipinski definition) is 0. The fraction of sp³-hybridized carbons (Fsp3) is 0.226. The predicted molar refractivity (Wildman–Crippen MR) is 144 cm³/mol. The van der Waals surface area contributed by atoms with Crippen molar-refractivity contribution in [3.05, 3.63) is 109 Å². The molecule has 7 heteroatoms. The zero-order valence-electron chi connectivity index (χ0n) is 21.0. The first kappa shape index (κ1) is 24.1. The lowest BCUT2D eigenvalue weighted by atomic mass is 9.97. The van der Waals surface area contributed by atoms with Crippen LogP contribution in [0.1, 0.15) is 18.4 Å². The highest BCUT2D eigenvalue weighted by molar-refractivity contribution is 5.66. The number of rotatable bonds is 8. The van der Waals surface area contributed by atoms with E-state index < -0.39 is 0 Å². The summed E-state index contributed by atoms with van der Waals surface area (Å²) < 4.78 is 27.0. The van der Waals surface area contributed by atoms with Crippen LogP contribution in [0.3, 0.4) is 0 Å². The second-order valence-electron chi connectivity index (χ2n) is 9.66. The molecule has 1 aliphatic rings. The molecular weight excluding hydrogens is 479 g/mol. The number of furan rings is 1. The average Bonchev–Trinajstić information content (AvgIpc) is 3.64. The lowest BCUT2D eigenvalue weighted by molar-refractivity contribution is 0.134. The first-order chi connectivity index (χ1) is 18.7. The number of halogens is 1. The molecule has 6 rings (SSSR count). The van der Waals surface area contributed by atoms with Crippen LogP contribution in [0.25, 0.3) is 28.3 Å². The molecule has 0 radical (unpaired) electrons. The van der Waals surface area contributed by atoms with Crippen LogP contribution in [-0.4, -0.2) is 39.4 Å². The summed E-state index contributed by atoms with van der Waals surface area (Å²) in [5.41, 5.74) is 5.03. The molecule has 2 aromatic carbocycles. The topological polar surface area (TPSA) is 56.3 Å². The van der Waals surface area contributed by atoms with Crippen molar-refractivity contribution in [1.29, 1.82) is 0 Å². The lowest BCUT2D eigenvalue weighted by Gasteiger charge is -2.31. The molecule has 4 heterocycles. The fourth-order valence-corrected chi connectivity index (χ4v) is 4.99. The van der Waals surface area contributed by atoms with Gasteiger partial charge in [-0.1, -0.05) is 30.3 Å². The smallest absolute Gasteiger partial charge is 0.213 e. The Morgan fingerprint density at radius 1 is 0.895 bits per heavy atom.